The van der Waals surface area contributed by atoms with Gasteiger partial charge in [0.1, 0.15) is 0 Å². The zero-order chi connectivity index (χ0) is 16.6. The molecule has 124 valence electrons. The van der Waals surface area contributed by atoms with E-state index in [0.29, 0.717) is 17.6 Å². The largest absolute Gasteiger partial charge is 0.366 e. The molecule has 2 aromatic rings. The molecule has 0 saturated heterocycles. The summed E-state index contributed by atoms with van der Waals surface area (Å²) in [6, 6.07) is 7.14. The number of nitrogens with two attached hydrogens (primary N) is 1. The lowest BCUT2D eigenvalue weighted by molar-refractivity contribution is 0.100. The summed E-state index contributed by atoms with van der Waals surface area (Å²) in [5.74, 6) is -0.354. The monoisotopic (exact) mass is 313 g/mol. The Morgan fingerprint density at radius 1 is 1.26 bits per heavy atom. The summed E-state index contributed by atoms with van der Waals surface area (Å²) in [6.07, 6.45) is 8.19. The lowest BCUT2D eigenvalue weighted by Gasteiger charge is -2.33. The quantitative estimate of drug-likeness (QED) is 0.941. The minimum atomic E-state index is -0.354. The van der Waals surface area contributed by atoms with Crippen LogP contribution in [0.2, 0.25) is 0 Å². The molecule has 0 atom stereocenters. The molecule has 1 aliphatic carbocycles. The van der Waals surface area contributed by atoms with Gasteiger partial charge in [-0.25, -0.2) is 0 Å². The van der Waals surface area contributed by atoms with E-state index >= 15 is 0 Å². The van der Waals surface area contributed by atoms with Crippen molar-refractivity contribution < 1.29 is 4.79 Å². The highest BCUT2D eigenvalue weighted by atomic mass is 16.1. The van der Waals surface area contributed by atoms with Crippen molar-refractivity contribution in [3.63, 3.8) is 0 Å². The summed E-state index contributed by atoms with van der Waals surface area (Å²) >= 11 is 0. The van der Waals surface area contributed by atoms with E-state index in [1.165, 1.54) is 42.1 Å². The Morgan fingerprint density at radius 3 is 2.52 bits per heavy atom. The van der Waals surface area contributed by atoms with E-state index < -0.39 is 0 Å². The standard InChI is InChI=1S/C19H27N3O/c1-4-13-12-22(16-8-6-15(7-9-16)21(2)3)18-10-5-14(19(20)23)11-17(13)18/h5,10-12,15-16H,4,6-9H2,1-3H3,(H2,20,23). The fourth-order valence-electron chi connectivity index (χ4n) is 3.92. The van der Waals surface area contributed by atoms with Crippen LogP contribution in [0.5, 0.6) is 0 Å². The summed E-state index contributed by atoms with van der Waals surface area (Å²) in [7, 11) is 4.35. The molecule has 0 radical (unpaired) electrons. The first-order valence-electron chi connectivity index (χ1n) is 8.61. The molecule has 1 saturated carbocycles. The first kappa shape index (κ1) is 16.1. The van der Waals surface area contributed by atoms with E-state index in [-0.39, 0.29) is 5.91 Å². The molecule has 0 unspecified atom stereocenters. The fourth-order valence-corrected chi connectivity index (χ4v) is 3.92. The number of primary amides is 1. The number of amides is 1. The van der Waals surface area contributed by atoms with Crippen LogP contribution in [0.4, 0.5) is 0 Å². The van der Waals surface area contributed by atoms with Crippen molar-refractivity contribution in [1.29, 1.82) is 0 Å². The zero-order valence-corrected chi connectivity index (χ0v) is 14.4. The van der Waals surface area contributed by atoms with Crippen molar-refractivity contribution in [2.75, 3.05) is 14.1 Å². The van der Waals surface area contributed by atoms with E-state index in [2.05, 4.69) is 42.7 Å². The molecule has 0 aliphatic heterocycles. The Morgan fingerprint density at radius 2 is 1.96 bits per heavy atom. The summed E-state index contributed by atoms with van der Waals surface area (Å²) in [5, 5.41) is 1.18. The van der Waals surface area contributed by atoms with E-state index in [0.717, 1.165) is 6.42 Å². The van der Waals surface area contributed by atoms with Gasteiger partial charge in [0.2, 0.25) is 5.91 Å². The smallest absolute Gasteiger partial charge is 0.248 e. The molecule has 0 bridgehead atoms. The maximum Gasteiger partial charge on any atom is 0.248 e. The van der Waals surface area contributed by atoms with Gasteiger partial charge < -0.3 is 15.2 Å². The number of carbonyl (C=O) groups is 1. The number of hydrogen-bond acceptors (Lipinski definition) is 2. The number of carbonyl (C=O) groups excluding carboxylic acids is 1. The Labute approximate surface area is 138 Å². The lowest BCUT2D eigenvalue weighted by atomic mass is 9.90. The molecule has 3 rings (SSSR count). The molecular weight excluding hydrogens is 286 g/mol. The summed E-state index contributed by atoms with van der Waals surface area (Å²) < 4.78 is 2.44. The third kappa shape index (κ3) is 3.00. The van der Waals surface area contributed by atoms with Gasteiger partial charge in [-0.15, -0.1) is 0 Å². The Bertz CT molecular complexity index is 709. The van der Waals surface area contributed by atoms with Gasteiger partial charge >= 0.3 is 0 Å². The second-order valence-electron chi connectivity index (χ2n) is 6.94. The van der Waals surface area contributed by atoms with Crippen LogP contribution < -0.4 is 5.73 Å². The second-order valence-corrected chi connectivity index (χ2v) is 6.94. The van der Waals surface area contributed by atoms with Crippen molar-refractivity contribution >= 4 is 16.8 Å². The van der Waals surface area contributed by atoms with Gasteiger partial charge in [0.25, 0.3) is 0 Å². The van der Waals surface area contributed by atoms with Crippen molar-refractivity contribution in [3.8, 4) is 0 Å². The highest BCUT2D eigenvalue weighted by Gasteiger charge is 2.25. The first-order valence-corrected chi connectivity index (χ1v) is 8.61. The number of hydrogen-bond donors (Lipinski definition) is 1. The topological polar surface area (TPSA) is 51.3 Å². The normalized spacial score (nSPS) is 21.9. The Kier molecular flexibility index (Phi) is 4.44. The highest BCUT2D eigenvalue weighted by Crippen LogP contribution is 2.35. The molecule has 1 amide bonds. The maximum absolute atomic E-state index is 11.5. The molecule has 4 heteroatoms. The molecular formula is C19H27N3O. The van der Waals surface area contributed by atoms with Gasteiger partial charge in [0.05, 0.1) is 0 Å². The van der Waals surface area contributed by atoms with Crippen LogP contribution in [0, 0.1) is 0 Å². The van der Waals surface area contributed by atoms with Crippen LogP contribution in [-0.2, 0) is 6.42 Å². The van der Waals surface area contributed by atoms with Crippen LogP contribution in [0.3, 0.4) is 0 Å². The summed E-state index contributed by atoms with van der Waals surface area (Å²) in [6.45, 7) is 2.17. The second kappa shape index (κ2) is 6.36. The Balaban J connectivity index is 1.94. The zero-order valence-electron chi connectivity index (χ0n) is 14.4. The molecule has 1 heterocycles. The fraction of sp³-hybridized carbons (Fsp3) is 0.526. The number of nitrogens with zero attached hydrogens (tertiary/aromatic N) is 2. The number of rotatable bonds is 4. The van der Waals surface area contributed by atoms with Crippen molar-refractivity contribution in [2.45, 2.75) is 51.1 Å². The summed E-state index contributed by atoms with van der Waals surface area (Å²) in [4.78, 5) is 13.8. The van der Waals surface area contributed by atoms with Crippen LogP contribution in [-0.4, -0.2) is 35.5 Å². The predicted molar refractivity (Wildman–Crippen MR) is 94.8 cm³/mol. The minimum Gasteiger partial charge on any atom is -0.366 e. The average Bonchev–Trinajstić information content (AvgIpc) is 2.92. The maximum atomic E-state index is 11.5. The van der Waals surface area contributed by atoms with Crippen molar-refractivity contribution in [2.24, 2.45) is 5.73 Å². The number of aryl methyl sites for hydroxylation is 1. The van der Waals surface area contributed by atoms with Gasteiger partial charge in [-0.1, -0.05) is 6.92 Å². The van der Waals surface area contributed by atoms with Gasteiger partial charge in [0, 0.05) is 34.7 Å². The van der Waals surface area contributed by atoms with Crippen LogP contribution >= 0.6 is 0 Å². The van der Waals surface area contributed by atoms with Crippen molar-refractivity contribution in [1.82, 2.24) is 9.47 Å². The molecule has 1 fully saturated rings. The van der Waals surface area contributed by atoms with Gasteiger partial charge in [-0.3, -0.25) is 4.79 Å². The molecule has 4 nitrogen and oxygen atoms in total. The van der Waals surface area contributed by atoms with E-state index in [4.69, 9.17) is 5.73 Å². The molecule has 23 heavy (non-hydrogen) atoms. The minimum absolute atomic E-state index is 0.354. The van der Waals surface area contributed by atoms with E-state index in [9.17, 15) is 4.79 Å². The first-order chi connectivity index (χ1) is 11.0. The third-order valence-electron chi connectivity index (χ3n) is 5.37. The molecule has 2 N–H and O–H groups in total. The SMILES string of the molecule is CCc1cn(C2CCC(N(C)C)CC2)c2ccc(C(N)=O)cc12. The van der Waals surface area contributed by atoms with Gasteiger partial charge in [0.15, 0.2) is 0 Å². The molecule has 0 spiro atoms. The predicted octanol–water partition coefficient (Wildman–Crippen LogP) is 3.35. The molecule has 1 aliphatic rings. The molecule has 1 aromatic heterocycles. The lowest BCUT2D eigenvalue weighted by Crippen LogP contribution is -2.32. The van der Waals surface area contributed by atoms with Crippen LogP contribution in [0.1, 0.15) is 54.6 Å². The van der Waals surface area contributed by atoms with E-state index in [1.54, 1.807) is 0 Å². The van der Waals surface area contributed by atoms with Gasteiger partial charge in [-0.05, 0) is 70.0 Å². The van der Waals surface area contributed by atoms with Gasteiger partial charge in [-0.2, -0.15) is 0 Å². The molecule has 1 aromatic carbocycles. The number of aromatic nitrogens is 1. The van der Waals surface area contributed by atoms with Crippen molar-refractivity contribution in [3.05, 3.63) is 35.5 Å². The van der Waals surface area contributed by atoms with Crippen LogP contribution in [0.25, 0.3) is 10.9 Å². The Hall–Kier alpha value is -1.81. The third-order valence-corrected chi connectivity index (χ3v) is 5.37. The number of fused-ring (bicyclic) bond motifs is 1. The average molecular weight is 313 g/mol. The van der Waals surface area contributed by atoms with E-state index in [1.807, 2.05) is 12.1 Å². The highest BCUT2D eigenvalue weighted by molar-refractivity contribution is 5.98. The van der Waals surface area contributed by atoms with Crippen LogP contribution in [0.15, 0.2) is 24.4 Å². The number of benzene rings is 1. The summed E-state index contributed by atoms with van der Waals surface area (Å²) in [5.41, 5.74) is 8.58.